The van der Waals surface area contributed by atoms with Crippen LogP contribution in [0.5, 0.6) is 0 Å². The summed E-state index contributed by atoms with van der Waals surface area (Å²) in [5.74, 6) is -0.706. The summed E-state index contributed by atoms with van der Waals surface area (Å²) in [4.78, 5) is 26.1. The summed E-state index contributed by atoms with van der Waals surface area (Å²) < 4.78 is 42.1. The van der Waals surface area contributed by atoms with Gasteiger partial charge in [-0.2, -0.15) is 13.2 Å². The van der Waals surface area contributed by atoms with Crippen molar-refractivity contribution in [3.05, 3.63) is 23.7 Å². The first-order valence-corrected chi connectivity index (χ1v) is 6.37. The number of rotatable bonds is 3. The van der Waals surface area contributed by atoms with E-state index in [1.165, 1.54) is 24.3 Å². The number of likely N-dealkylation sites (tertiary alicyclic amines) is 1. The molecule has 0 spiro atoms. The average molecular weight is 304 g/mol. The second-order valence-electron chi connectivity index (χ2n) is 4.99. The van der Waals surface area contributed by atoms with E-state index >= 15 is 0 Å². The number of likely N-dealkylation sites (N-methyl/N-ethyl adjacent to an activating group) is 1. The van der Waals surface area contributed by atoms with Gasteiger partial charge in [-0.05, 0) is 19.4 Å². The first kappa shape index (κ1) is 15.4. The van der Waals surface area contributed by atoms with E-state index in [1.54, 1.807) is 6.92 Å². The van der Waals surface area contributed by atoms with Gasteiger partial charge in [-0.1, -0.05) is 0 Å². The first-order valence-electron chi connectivity index (χ1n) is 6.37. The van der Waals surface area contributed by atoms with Crippen molar-refractivity contribution in [2.75, 3.05) is 20.1 Å². The highest BCUT2D eigenvalue weighted by Crippen LogP contribution is 2.24. The van der Waals surface area contributed by atoms with E-state index in [9.17, 15) is 22.8 Å². The largest absolute Gasteiger partial charge is 0.469 e. The summed E-state index contributed by atoms with van der Waals surface area (Å²) >= 11 is 0. The van der Waals surface area contributed by atoms with Crippen molar-refractivity contribution >= 4 is 11.8 Å². The van der Waals surface area contributed by atoms with Gasteiger partial charge in [0.05, 0.1) is 11.8 Å². The van der Waals surface area contributed by atoms with Crippen LogP contribution in [0, 0.1) is 6.92 Å². The van der Waals surface area contributed by atoms with E-state index in [4.69, 9.17) is 4.42 Å². The molecule has 1 aliphatic rings. The lowest BCUT2D eigenvalue weighted by Crippen LogP contribution is -2.44. The number of carbonyl (C=O) groups is 2. The lowest BCUT2D eigenvalue weighted by atomic mass is 10.1. The molecule has 0 aliphatic carbocycles. The van der Waals surface area contributed by atoms with E-state index in [-0.39, 0.29) is 13.0 Å². The monoisotopic (exact) mass is 304 g/mol. The topological polar surface area (TPSA) is 53.8 Å². The predicted molar refractivity (Wildman–Crippen MR) is 66.6 cm³/mol. The molecule has 116 valence electrons. The summed E-state index contributed by atoms with van der Waals surface area (Å²) in [6.45, 7) is 0.313. The highest BCUT2D eigenvalue weighted by Gasteiger charge is 2.42. The van der Waals surface area contributed by atoms with Gasteiger partial charge in [-0.25, -0.2) is 0 Å². The minimum Gasteiger partial charge on any atom is -0.469 e. The summed E-state index contributed by atoms with van der Waals surface area (Å²) in [6.07, 6.45) is -2.90. The van der Waals surface area contributed by atoms with Crippen LogP contribution in [0.1, 0.15) is 22.5 Å². The molecule has 2 amide bonds. The van der Waals surface area contributed by atoms with Crippen molar-refractivity contribution in [1.29, 1.82) is 0 Å². The van der Waals surface area contributed by atoms with Gasteiger partial charge < -0.3 is 14.2 Å². The zero-order chi connectivity index (χ0) is 15.8. The zero-order valence-electron chi connectivity index (χ0n) is 11.6. The Labute approximate surface area is 119 Å². The van der Waals surface area contributed by atoms with Crippen LogP contribution in [-0.2, 0) is 4.79 Å². The molecule has 0 N–H and O–H groups in total. The second kappa shape index (κ2) is 5.42. The van der Waals surface area contributed by atoms with Crippen LogP contribution in [0.15, 0.2) is 16.7 Å². The third-order valence-electron chi connectivity index (χ3n) is 3.52. The summed E-state index contributed by atoms with van der Waals surface area (Å²) in [5, 5.41) is 0. The van der Waals surface area contributed by atoms with Gasteiger partial charge >= 0.3 is 6.18 Å². The van der Waals surface area contributed by atoms with Crippen molar-refractivity contribution < 1.29 is 27.2 Å². The lowest BCUT2D eigenvalue weighted by Gasteiger charge is -2.24. The molecule has 0 radical (unpaired) electrons. The highest BCUT2D eigenvalue weighted by atomic mass is 19.4. The number of hydrogen-bond acceptors (Lipinski definition) is 3. The van der Waals surface area contributed by atoms with Crippen LogP contribution in [0.2, 0.25) is 0 Å². The molecule has 5 nitrogen and oxygen atoms in total. The van der Waals surface area contributed by atoms with Crippen LogP contribution in [-0.4, -0.2) is 54.0 Å². The standard InChI is InChI=1S/C13H15F3N2O3/c1-8-9(4-6-21-8)11(19)17(2)10-3-5-18(12(10)20)7-13(14,15)16/h4,6,10H,3,5,7H2,1-2H3/t10-/m0/s1. The first-order chi connectivity index (χ1) is 9.70. The molecule has 8 heteroatoms. The number of amides is 2. The Balaban J connectivity index is 2.08. The summed E-state index contributed by atoms with van der Waals surface area (Å²) in [6, 6.07) is 0.607. The van der Waals surface area contributed by atoms with Gasteiger partial charge in [0.25, 0.3) is 5.91 Å². The Morgan fingerprint density at radius 1 is 1.52 bits per heavy atom. The number of nitrogens with zero attached hydrogens (tertiary/aromatic N) is 2. The highest BCUT2D eigenvalue weighted by molar-refractivity contribution is 5.98. The number of furan rings is 1. The Kier molecular flexibility index (Phi) is 3.97. The van der Waals surface area contributed by atoms with E-state index in [0.717, 1.165) is 4.90 Å². The smallest absolute Gasteiger partial charge is 0.406 e. The SMILES string of the molecule is Cc1occc1C(=O)N(C)[C@H]1CCN(CC(F)(F)F)C1=O. The zero-order valence-corrected chi connectivity index (χ0v) is 11.6. The van der Waals surface area contributed by atoms with Gasteiger partial charge in [0.15, 0.2) is 0 Å². The van der Waals surface area contributed by atoms with Crippen LogP contribution in [0.4, 0.5) is 13.2 Å². The molecule has 1 aromatic heterocycles. The average Bonchev–Trinajstić information content (AvgIpc) is 2.94. The third-order valence-corrected chi connectivity index (χ3v) is 3.52. The molecular weight excluding hydrogens is 289 g/mol. The number of aryl methyl sites for hydroxylation is 1. The van der Waals surface area contributed by atoms with Crippen molar-refractivity contribution in [1.82, 2.24) is 9.80 Å². The van der Waals surface area contributed by atoms with Gasteiger partial charge in [-0.3, -0.25) is 9.59 Å². The van der Waals surface area contributed by atoms with Crippen LogP contribution >= 0.6 is 0 Å². The molecule has 1 fully saturated rings. The number of halogens is 3. The Hall–Kier alpha value is -1.99. The molecule has 1 atom stereocenters. The van der Waals surface area contributed by atoms with Crippen LogP contribution in [0.25, 0.3) is 0 Å². The van der Waals surface area contributed by atoms with Crippen molar-refractivity contribution in [2.24, 2.45) is 0 Å². The molecule has 0 aromatic carbocycles. The number of alkyl halides is 3. The molecule has 0 bridgehead atoms. The number of hydrogen-bond donors (Lipinski definition) is 0. The quantitative estimate of drug-likeness (QED) is 0.856. The van der Waals surface area contributed by atoms with Gasteiger partial charge in [0.1, 0.15) is 18.3 Å². The van der Waals surface area contributed by atoms with Crippen molar-refractivity contribution in [2.45, 2.75) is 25.6 Å². The maximum Gasteiger partial charge on any atom is 0.406 e. The molecule has 0 saturated carbocycles. The fraction of sp³-hybridized carbons (Fsp3) is 0.538. The van der Waals surface area contributed by atoms with Crippen LogP contribution < -0.4 is 0 Å². The number of carbonyl (C=O) groups excluding carboxylic acids is 2. The van der Waals surface area contributed by atoms with E-state index in [1.807, 2.05) is 0 Å². The fourth-order valence-electron chi connectivity index (χ4n) is 2.39. The Morgan fingerprint density at radius 3 is 2.71 bits per heavy atom. The molecule has 1 aromatic rings. The van der Waals surface area contributed by atoms with E-state index in [0.29, 0.717) is 11.3 Å². The normalized spacial score (nSPS) is 19.2. The molecule has 2 heterocycles. The maximum absolute atomic E-state index is 12.4. The Bertz CT molecular complexity index is 553. The fourth-order valence-corrected chi connectivity index (χ4v) is 2.39. The van der Waals surface area contributed by atoms with Crippen molar-refractivity contribution in [3.63, 3.8) is 0 Å². The minimum absolute atomic E-state index is 0.00893. The van der Waals surface area contributed by atoms with E-state index in [2.05, 4.69) is 0 Å². The molecule has 2 rings (SSSR count). The summed E-state index contributed by atoms with van der Waals surface area (Å²) in [7, 11) is 1.41. The van der Waals surface area contributed by atoms with Gasteiger partial charge in [0.2, 0.25) is 5.91 Å². The Morgan fingerprint density at radius 2 is 2.19 bits per heavy atom. The van der Waals surface area contributed by atoms with Crippen LogP contribution in [0.3, 0.4) is 0 Å². The molecular formula is C13H15F3N2O3. The molecule has 21 heavy (non-hydrogen) atoms. The molecule has 1 aliphatic heterocycles. The summed E-state index contributed by atoms with van der Waals surface area (Å²) in [5.41, 5.74) is 0.305. The second-order valence-corrected chi connectivity index (χ2v) is 4.99. The molecule has 0 unspecified atom stereocenters. The van der Waals surface area contributed by atoms with Crippen molar-refractivity contribution in [3.8, 4) is 0 Å². The van der Waals surface area contributed by atoms with Gasteiger partial charge in [-0.15, -0.1) is 0 Å². The minimum atomic E-state index is -4.44. The lowest BCUT2D eigenvalue weighted by molar-refractivity contribution is -0.158. The van der Waals surface area contributed by atoms with Gasteiger partial charge in [0, 0.05) is 13.6 Å². The maximum atomic E-state index is 12.4. The van der Waals surface area contributed by atoms with E-state index < -0.39 is 30.6 Å². The molecule has 1 saturated heterocycles. The third kappa shape index (κ3) is 3.20. The predicted octanol–water partition coefficient (Wildman–Crippen LogP) is 1.82.